The Balaban J connectivity index is 1.31. The number of benzene rings is 9. The van der Waals surface area contributed by atoms with Crippen LogP contribution in [0.1, 0.15) is 11.1 Å². The summed E-state index contributed by atoms with van der Waals surface area (Å²) < 4.78 is 0. The van der Waals surface area contributed by atoms with Crippen molar-refractivity contribution in [3.05, 3.63) is 242 Å². The van der Waals surface area contributed by atoms with Crippen molar-refractivity contribution in [3.63, 3.8) is 0 Å². The van der Waals surface area contributed by atoms with Crippen LogP contribution in [0.3, 0.4) is 0 Å². The van der Waals surface area contributed by atoms with Crippen LogP contribution in [0.4, 0.5) is 0 Å². The molecule has 0 aromatic heterocycles. The van der Waals surface area contributed by atoms with E-state index in [4.69, 9.17) is 31.0 Å². The van der Waals surface area contributed by atoms with Gasteiger partial charge in [-0.3, -0.25) is 0 Å². The van der Waals surface area contributed by atoms with Gasteiger partial charge in [-0.15, -0.1) is 0 Å². The van der Waals surface area contributed by atoms with Crippen LogP contribution >= 0.6 is 41.6 Å². The molecule has 9 rings (SSSR count). The summed E-state index contributed by atoms with van der Waals surface area (Å²) >= 11 is 9.52. The van der Waals surface area contributed by atoms with Crippen LogP contribution in [-0.2, 0) is 12.3 Å². The Hall–Kier alpha value is -4.68. The average Bonchev–Trinajstić information content (AvgIpc) is 3.28. The van der Waals surface area contributed by atoms with Gasteiger partial charge >= 0.3 is 349 Å². The van der Waals surface area contributed by atoms with Crippen molar-refractivity contribution < 1.29 is 0 Å². The molecule has 9 aromatic carbocycles. The molecular weight excluding hydrogens is 846 g/mol. The van der Waals surface area contributed by atoms with E-state index in [0.29, 0.717) is 0 Å². The van der Waals surface area contributed by atoms with E-state index in [1.807, 2.05) is 0 Å². The van der Waals surface area contributed by atoms with Crippen LogP contribution in [0.25, 0.3) is 21.5 Å². The molecule has 0 aliphatic rings. The molecule has 0 saturated carbocycles. The van der Waals surface area contributed by atoms with Gasteiger partial charge in [-0.25, -0.2) is 0 Å². The molecule has 0 N–H and O–H groups in total. The molecule has 9 aromatic rings. The summed E-state index contributed by atoms with van der Waals surface area (Å²) in [5.74, 6) is 0. The third-order valence-corrected chi connectivity index (χ3v) is 30.8. The molecule has 0 fully saturated rings. The Kier molecular flexibility index (Phi) is 9.68. The predicted octanol–water partition coefficient (Wildman–Crippen LogP) is 12.7. The van der Waals surface area contributed by atoms with Gasteiger partial charge in [0, 0.05) is 0 Å². The van der Waals surface area contributed by atoms with E-state index in [-0.39, 0.29) is 0 Å². The summed E-state index contributed by atoms with van der Waals surface area (Å²) in [5.41, 5.74) is 2.66. The van der Waals surface area contributed by atoms with Crippen molar-refractivity contribution in [2.45, 2.75) is 12.3 Å². The van der Waals surface area contributed by atoms with Gasteiger partial charge in [-0.1, -0.05) is 0 Å². The quantitative estimate of drug-likeness (QED) is 0.0948. The van der Waals surface area contributed by atoms with Crippen molar-refractivity contribution in [1.82, 2.24) is 0 Å². The molecule has 0 unspecified atom stereocenters. The van der Waals surface area contributed by atoms with Crippen LogP contribution in [-0.4, -0.2) is 0 Å². The molecule has 56 heavy (non-hydrogen) atoms. The van der Waals surface area contributed by atoms with Crippen molar-refractivity contribution >= 4 is 95.0 Å². The van der Waals surface area contributed by atoms with Gasteiger partial charge in [-0.2, -0.15) is 0 Å². The summed E-state index contributed by atoms with van der Waals surface area (Å²) in [6, 6.07) is 85.5. The summed E-state index contributed by atoms with van der Waals surface area (Å²) in [6.45, 7) is 0. The van der Waals surface area contributed by atoms with Gasteiger partial charge in [0.15, 0.2) is 0 Å². The summed E-state index contributed by atoms with van der Waals surface area (Å²) in [7, 11) is 0. The molecule has 0 radical (unpaired) electrons. The van der Waals surface area contributed by atoms with E-state index in [1.54, 1.807) is 0 Å². The maximum absolute atomic E-state index is 4.76. The van der Waals surface area contributed by atoms with Crippen LogP contribution < -0.4 is 31.8 Å². The van der Waals surface area contributed by atoms with Crippen molar-refractivity contribution in [3.8, 4) is 0 Å². The fourth-order valence-corrected chi connectivity index (χ4v) is 24.3. The number of hydrogen-bond donors (Lipinski definition) is 0. The van der Waals surface area contributed by atoms with Gasteiger partial charge in [0.05, 0.1) is 0 Å². The Morgan fingerprint density at radius 3 is 0.768 bits per heavy atom. The van der Waals surface area contributed by atoms with Crippen LogP contribution in [0, 0.1) is 0 Å². The second kappa shape index (κ2) is 14.7. The molecule has 0 atom stereocenters. The first kappa shape index (κ1) is 36.9. The second-order valence-corrected chi connectivity index (χ2v) is 32.7. The minimum atomic E-state index is -3.27. The number of rotatable bonds is 10. The van der Waals surface area contributed by atoms with Crippen molar-refractivity contribution in [2.24, 2.45) is 0 Å². The number of halogens is 2. The van der Waals surface area contributed by atoms with E-state index < -0.39 is 10.6 Å². The molecule has 4 heteroatoms. The fourth-order valence-electron chi connectivity index (χ4n) is 8.97. The van der Waals surface area contributed by atoms with E-state index >= 15 is 0 Å². The fraction of sp³-hybridized carbons (Fsp3) is 0.0385. The second-order valence-electron chi connectivity index (χ2n) is 14.8. The summed E-state index contributed by atoms with van der Waals surface area (Å²) in [4.78, 5) is 0. The minimum absolute atomic E-state index is 0.824. The van der Waals surface area contributed by atoms with E-state index in [9.17, 15) is 0 Å². The molecule has 0 aliphatic heterocycles. The van der Waals surface area contributed by atoms with Gasteiger partial charge < -0.3 is 0 Å². The normalized spacial score (nSPS) is 13.4. The predicted molar refractivity (Wildman–Crippen MR) is 257 cm³/mol. The van der Waals surface area contributed by atoms with Crippen molar-refractivity contribution in [2.75, 3.05) is 0 Å². The van der Waals surface area contributed by atoms with Gasteiger partial charge in [0.2, 0.25) is 0 Å². The van der Waals surface area contributed by atoms with Gasteiger partial charge in [0.25, 0.3) is 0 Å². The molecular formula is C52H42Br2P2. The van der Waals surface area contributed by atoms with Crippen LogP contribution in [0.15, 0.2) is 231 Å². The topological polar surface area (TPSA) is 0 Å². The Labute approximate surface area is 346 Å². The standard InChI is InChI=1S/C52H42Br2P2/c53-55(45-25-7-1-8-26-45,46-27-9-2-10-28-46,47-29-11-3-12-30-47)39-43-23-19-21-41-37-42-22-20-24-44(52(42)38-51(41)43)40-56(54,48-31-13-4-14-32-48,49-33-15-5-16-34-49)50-35-17-6-18-36-50/h1-38H,39-40H2. The Morgan fingerprint density at radius 2 is 0.518 bits per heavy atom. The summed E-state index contributed by atoms with van der Waals surface area (Å²) in [5, 5.41) is 6.47. The maximum atomic E-state index is 4.76. The number of fused-ring (bicyclic) bond motifs is 2. The molecule has 0 bridgehead atoms. The molecule has 0 saturated heterocycles. The molecule has 0 nitrogen and oxygen atoms in total. The van der Waals surface area contributed by atoms with E-state index in [2.05, 4.69) is 231 Å². The zero-order chi connectivity index (χ0) is 38.1. The van der Waals surface area contributed by atoms with Gasteiger partial charge in [0.1, 0.15) is 0 Å². The zero-order valence-electron chi connectivity index (χ0n) is 31.0. The Morgan fingerprint density at radius 1 is 0.268 bits per heavy atom. The van der Waals surface area contributed by atoms with E-state index in [0.717, 1.165) is 12.3 Å². The first-order chi connectivity index (χ1) is 27.4. The monoisotopic (exact) mass is 886 g/mol. The molecule has 0 aliphatic carbocycles. The first-order valence-corrected chi connectivity index (χ1v) is 28.0. The zero-order valence-corrected chi connectivity index (χ0v) is 36.0. The van der Waals surface area contributed by atoms with E-state index in [1.165, 1.54) is 64.5 Å². The van der Waals surface area contributed by atoms with Crippen LogP contribution in [0.2, 0.25) is 0 Å². The summed E-state index contributed by atoms with van der Waals surface area (Å²) in [6.07, 6.45) is 1.65. The van der Waals surface area contributed by atoms with Crippen molar-refractivity contribution in [1.29, 1.82) is 0 Å². The third-order valence-electron chi connectivity index (χ3n) is 11.8. The molecule has 0 amide bonds. The Bertz CT molecular complexity index is 2390. The molecule has 0 spiro atoms. The molecule has 0 heterocycles. The first-order valence-electron chi connectivity index (χ1n) is 19.1. The SMILES string of the molecule is BrP(Cc1cccc2cc3cccc(CP(Br)(c4ccccc4)(c4ccccc4)c4ccccc4)c3cc12)(c1ccccc1)(c1ccccc1)c1ccccc1. The number of hydrogen-bond acceptors (Lipinski definition) is 0. The molecule has 274 valence electrons. The van der Waals surface area contributed by atoms with Crippen LogP contribution in [0.5, 0.6) is 0 Å². The van der Waals surface area contributed by atoms with Gasteiger partial charge in [-0.05, 0) is 0 Å². The average molecular weight is 889 g/mol. The third kappa shape index (κ3) is 5.93.